The minimum absolute atomic E-state index is 0.0862. The molecule has 7 heteroatoms. The van der Waals surface area contributed by atoms with Gasteiger partial charge in [-0.25, -0.2) is 4.79 Å². The Kier molecular flexibility index (Phi) is 3.57. The fourth-order valence-electron chi connectivity index (χ4n) is 3.53. The van der Waals surface area contributed by atoms with E-state index in [9.17, 15) is 14.7 Å². The summed E-state index contributed by atoms with van der Waals surface area (Å²) in [5.74, 6) is -1.18. The lowest BCUT2D eigenvalue weighted by atomic mass is 9.89. The number of aliphatic carboxylic acids is 1. The Labute approximate surface area is 122 Å². The SMILES string of the molecule is Cc1cnn(CCNC(=O)N2C3CCC2C(C(=O)O)C3)c1. The van der Waals surface area contributed by atoms with Crippen LogP contribution in [-0.2, 0) is 11.3 Å². The van der Waals surface area contributed by atoms with Crippen LogP contribution >= 0.6 is 0 Å². The van der Waals surface area contributed by atoms with E-state index in [0.29, 0.717) is 19.5 Å². The number of aromatic nitrogens is 2. The smallest absolute Gasteiger partial charge is 0.317 e. The summed E-state index contributed by atoms with van der Waals surface area (Å²) in [5.41, 5.74) is 1.09. The number of hydrogen-bond donors (Lipinski definition) is 2. The monoisotopic (exact) mass is 292 g/mol. The maximum Gasteiger partial charge on any atom is 0.317 e. The number of fused-ring (bicyclic) bond motifs is 2. The molecule has 3 atom stereocenters. The molecule has 2 aliphatic heterocycles. The predicted molar refractivity (Wildman–Crippen MR) is 74.8 cm³/mol. The van der Waals surface area contributed by atoms with Crippen LogP contribution in [0.2, 0.25) is 0 Å². The Morgan fingerprint density at radius 1 is 1.48 bits per heavy atom. The lowest BCUT2D eigenvalue weighted by Crippen LogP contribution is -2.45. The maximum absolute atomic E-state index is 12.3. The number of carbonyl (C=O) groups is 2. The van der Waals surface area contributed by atoms with Gasteiger partial charge in [-0.3, -0.25) is 9.48 Å². The van der Waals surface area contributed by atoms with Crippen LogP contribution in [0.4, 0.5) is 4.79 Å². The van der Waals surface area contributed by atoms with Crippen LogP contribution in [-0.4, -0.2) is 50.4 Å². The number of carboxylic acids is 1. The van der Waals surface area contributed by atoms with Crippen LogP contribution in [0.15, 0.2) is 12.4 Å². The van der Waals surface area contributed by atoms with E-state index >= 15 is 0 Å². The zero-order chi connectivity index (χ0) is 15.0. The molecule has 0 saturated carbocycles. The molecule has 3 heterocycles. The Hall–Kier alpha value is -2.05. The van der Waals surface area contributed by atoms with Gasteiger partial charge >= 0.3 is 12.0 Å². The van der Waals surface area contributed by atoms with Gasteiger partial charge in [0, 0.05) is 24.8 Å². The van der Waals surface area contributed by atoms with E-state index in [1.165, 1.54) is 0 Å². The Balaban J connectivity index is 1.53. The minimum atomic E-state index is -0.785. The first-order chi connectivity index (χ1) is 10.1. The molecule has 0 aromatic carbocycles. The van der Waals surface area contributed by atoms with E-state index in [1.54, 1.807) is 15.8 Å². The molecule has 3 unspecified atom stereocenters. The Morgan fingerprint density at radius 2 is 2.29 bits per heavy atom. The van der Waals surface area contributed by atoms with Crippen molar-refractivity contribution in [1.82, 2.24) is 20.0 Å². The average molecular weight is 292 g/mol. The number of nitrogens with zero attached hydrogens (tertiary/aromatic N) is 3. The summed E-state index contributed by atoms with van der Waals surface area (Å²) in [4.78, 5) is 25.2. The van der Waals surface area contributed by atoms with E-state index in [4.69, 9.17) is 0 Å². The molecule has 1 aromatic heterocycles. The molecule has 2 amide bonds. The lowest BCUT2D eigenvalue weighted by molar-refractivity contribution is -0.142. The van der Waals surface area contributed by atoms with E-state index in [1.807, 2.05) is 13.1 Å². The number of hydrogen-bond acceptors (Lipinski definition) is 3. The summed E-state index contributed by atoms with van der Waals surface area (Å²) < 4.78 is 1.79. The molecular weight excluding hydrogens is 272 g/mol. The quantitative estimate of drug-likeness (QED) is 0.861. The summed E-state index contributed by atoms with van der Waals surface area (Å²) in [6.07, 6.45) is 6.01. The van der Waals surface area contributed by atoms with Gasteiger partial charge in [0.2, 0.25) is 0 Å². The zero-order valence-corrected chi connectivity index (χ0v) is 12.0. The third kappa shape index (κ3) is 2.59. The number of urea groups is 1. The van der Waals surface area contributed by atoms with E-state index in [-0.39, 0.29) is 18.1 Å². The van der Waals surface area contributed by atoms with Crippen LogP contribution in [0.25, 0.3) is 0 Å². The average Bonchev–Trinajstić information content (AvgIpc) is 3.12. The molecule has 0 radical (unpaired) electrons. The van der Waals surface area contributed by atoms with Crippen molar-refractivity contribution in [3.63, 3.8) is 0 Å². The number of amides is 2. The van der Waals surface area contributed by atoms with Gasteiger partial charge in [0.25, 0.3) is 0 Å². The molecule has 2 fully saturated rings. The van der Waals surface area contributed by atoms with Gasteiger partial charge in [-0.05, 0) is 31.7 Å². The lowest BCUT2D eigenvalue weighted by Gasteiger charge is -2.23. The molecule has 7 nitrogen and oxygen atoms in total. The highest BCUT2D eigenvalue weighted by Gasteiger charge is 2.51. The van der Waals surface area contributed by atoms with Crippen molar-refractivity contribution in [2.45, 2.75) is 44.8 Å². The summed E-state index contributed by atoms with van der Waals surface area (Å²) in [7, 11) is 0. The Morgan fingerprint density at radius 3 is 2.90 bits per heavy atom. The van der Waals surface area contributed by atoms with E-state index < -0.39 is 11.9 Å². The molecule has 2 aliphatic rings. The number of aryl methyl sites for hydroxylation is 1. The fourth-order valence-corrected chi connectivity index (χ4v) is 3.53. The fraction of sp³-hybridized carbons (Fsp3) is 0.643. The van der Waals surface area contributed by atoms with E-state index in [0.717, 1.165) is 18.4 Å². The molecule has 2 saturated heterocycles. The van der Waals surface area contributed by atoms with Gasteiger partial charge in [0.1, 0.15) is 0 Å². The van der Waals surface area contributed by atoms with Crippen molar-refractivity contribution in [1.29, 1.82) is 0 Å². The molecular formula is C14H20N4O3. The minimum Gasteiger partial charge on any atom is -0.481 e. The van der Waals surface area contributed by atoms with Crippen molar-refractivity contribution in [3.05, 3.63) is 18.0 Å². The van der Waals surface area contributed by atoms with Crippen molar-refractivity contribution >= 4 is 12.0 Å². The summed E-state index contributed by atoms with van der Waals surface area (Å²) >= 11 is 0. The van der Waals surface area contributed by atoms with Crippen molar-refractivity contribution < 1.29 is 14.7 Å². The highest BCUT2D eigenvalue weighted by molar-refractivity contribution is 5.79. The number of nitrogens with one attached hydrogen (secondary N) is 1. The molecule has 1 aromatic rings. The standard InChI is InChI=1S/C14H20N4O3/c1-9-7-16-17(8-9)5-4-15-14(21)18-10-2-3-12(18)11(6-10)13(19)20/h7-8,10-12H,2-6H2,1H3,(H,15,21)(H,19,20). The summed E-state index contributed by atoms with van der Waals surface area (Å²) in [6.45, 7) is 3.08. The highest BCUT2D eigenvalue weighted by atomic mass is 16.4. The number of carbonyl (C=O) groups excluding carboxylic acids is 1. The number of rotatable bonds is 4. The topological polar surface area (TPSA) is 87.5 Å². The van der Waals surface area contributed by atoms with Gasteiger partial charge in [-0.15, -0.1) is 0 Å². The third-order valence-corrected chi connectivity index (χ3v) is 4.47. The second-order valence-corrected chi connectivity index (χ2v) is 5.90. The van der Waals surface area contributed by atoms with Gasteiger partial charge in [-0.2, -0.15) is 5.10 Å². The van der Waals surface area contributed by atoms with Crippen LogP contribution in [0.3, 0.4) is 0 Å². The highest BCUT2D eigenvalue weighted by Crippen LogP contribution is 2.41. The largest absolute Gasteiger partial charge is 0.481 e. The molecule has 3 rings (SSSR count). The summed E-state index contributed by atoms with van der Waals surface area (Å²) in [6, 6.07) is -0.197. The molecule has 114 valence electrons. The molecule has 0 aliphatic carbocycles. The molecule has 0 spiro atoms. The van der Waals surface area contributed by atoms with Crippen molar-refractivity contribution in [2.24, 2.45) is 5.92 Å². The first-order valence-electron chi connectivity index (χ1n) is 7.34. The molecule has 21 heavy (non-hydrogen) atoms. The van der Waals surface area contributed by atoms with Gasteiger partial charge < -0.3 is 15.3 Å². The van der Waals surface area contributed by atoms with Crippen LogP contribution in [0.5, 0.6) is 0 Å². The van der Waals surface area contributed by atoms with Crippen molar-refractivity contribution in [3.8, 4) is 0 Å². The summed E-state index contributed by atoms with van der Waals surface area (Å²) in [5, 5.41) is 16.2. The molecule has 2 N–H and O–H groups in total. The van der Waals surface area contributed by atoms with Gasteiger partial charge in [0.15, 0.2) is 0 Å². The second kappa shape index (κ2) is 5.38. The number of carboxylic acid groups (broad SMARTS) is 1. The van der Waals surface area contributed by atoms with Crippen LogP contribution < -0.4 is 5.32 Å². The Bertz CT molecular complexity index is 556. The third-order valence-electron chi connectivity index (χ3n) is 4.47. The van der Waals surface area contributed by atoms with Gasteiger partial charge in [0.05, 0.1) is 18.7 Å². The van der Waals surface area contributed by atoms with Crippen LogP contribution in [0.1, 0.15) is 24.8 Å². The second-order valence-electron chi connectivity index (χ2n) is 5.90. The first kappa shape index (κ1) is 13.9. The normalized spacial score (nSPS) is 27.1. The molecule has 2 bridgehead atoms. The van der Waals surface area contributed by atoms with Crippen molar-refractivity contribution in [2.75, 3.05) is 6.54 Å². The van der Waals surface area contributed by atoms with Gasteiger partial charge in [-0.1, -0.05) is 0 Å². The first-order valence-corrected chi connectivity index (χ1v) is 7.34. The van der Waals surface area contributed by atoms with Crippen LogP contribution in [0, 0.1) is 12.8 Å². The maximum atomic E-state index is 12.3. The van der Waals surface area contributed by atoms with E-state index in [2.05, 4.69) is 10.4 Å². The predicted octanol–water partition coefficient (Wildman–Crippen LogP) is 0.839. The zero-order valence-electron chi connectivity index (χ0n) is 12.0.